The van der Waals surface area contributed by atoms with Crippen molar-refractivity contribution in [3.05, 3.63) is 32.7 Å². The number of nitrogens with zero attached hydrogens (tertiary/aromatic N) is 2. The molecule has 0 amide bonds. The van der Waals surface area contributed by atoms with Crippen LogP contribution in [0, 0.1) is 0 Å². The van der Waals surface area contributed by atoms with Gasteiger partial charge in [0, 0.05) is 16.3 Å². The average Bonchev–Trinajstić information content (AvgIpc) is 2.99. The molecule has 19 heavy (non-hydrogen) atoms. The minimum Gasteiger partial charge on any atom is -0.496 e. The molecule has 1 atom stereocenters. The molecule has 5 nitrogen and oxygen atoms in total. The molecule has 0 aliphatic heterocycles. The third-order valence-electron chi connectivity index (χ3n) is 2.83. The summed E-state index contributed by atoms with van der Waals surface area (Å²) in [6.45, 7) is 4.18. The highest BCUT2D eigenvalue weighted by Crippen LogP contribution is 2.34. The first-order chi connectivity index (χ1) is 9.08. The van der Waals surface area contributed by atoms with Crippen LogP contribution in [0.1, 0.15) is 36.5 Å². The van der Waals surface area contributed by atoms with Gasteiger partial charge in [-0.15, -0.1) is 11.3 Å². The molecule has 0 saturated heterocycles. The Bertz CT molecular complexity index is 552. The molecule has 0 spiro atoms. The molecule has 2 heterocycles. The van der Waals surface area contributed by atoms with Crippen molar-refractivity contribution in [2.75, 3.05) is 7.11 Å². The van der Waals surface area contributed by atoms with Crippen LogP contribution in [0.4, 0.5) is 0 Å². The summed E-state index contributed by atoms with van der Waals surface area (Å²) in [6.07, 6.45) is 1.80. The standard InChI is InChI=1S/C12H17BrN4OS/c1-7(2)17-12(9(13)5-15-17)11(16-14)10-4-8(18-3)6-19-10/h4-7,11,16H,14H2,1-3H3. The Balaban J connectivity index is 2.44. The molecule has 0 aromatic carbocycles. The van der Waals surface area contributed by atoms with E-state index in [0.29, 0.717) is 0 Å². The third-order valence-corrected chi connectivity index (χ3v) is 4.42. The summed E-state index contributed by atoms with van der Waals surface area (Å²) in [4.78, 5) is 1.09. The number of nitrogens with two attached hydrogens (primary N) is 1. The fourth-order valence-corrected chi connectivity index (χ4v) is 3.34. The van der Waals surface area contributed by atoms with Gasteiger partial charge >= 0.3 is 0 Å². The quantitative estimate of drug-likeness (QED) is 0.646. The van der Waals surface area contributed by atoms with E-state index < -0.39 is 0 Å². The van der Waals surface area contributed by atoms with Crippen LogP contribution in [0.25, 0.3) is 0 Å². The predicted molar refractivity (Wildman–Crippen MR) is 80.3 cm³/mol. The molecule has 2 aromatic rings. The lowest BCUT2D eigenvalue weighted by Crippen LogP contribution is -2.30. The molecular formula is C12H17BrN4OS. The van der Waals surface area contributed by atoms with E-state index in [1.807, 2.05) is 16.1 Å². The first-order valence-corrected chi connectivity index (χ1v) is 7.57. The van der Waals surface area contributed by atoms with Gasteiger partial charge < -0.3 is 4.74 Å². The number of hydrazine groups is 1. The molecule has 0 radical (unpaired) electrons. The van der Waals surface area contributed by atoms with Gasteiger partial charge in [0.1, 0.15) is 5.75 Å². The topological polar surface area (TPSA) is 65.1 Å². The van der Waals surface area contributed by atoms with Gasteiger partial charge in [-0.25, -0.2) is 5.43 Å². The fourth-order valence-electron chi connectivity index (χ4n) is 1.92. The monoisotopic (exact) mass is 344 g/mol. The first kappa shape index (κ1) is 14.5. The largest absolute Gasteiger partial charge is 0.496 e. The Kier molecular flexibility index (Phi) is 4.62. The van der Waals surface area contributed by atoms with Gasteiger partial charge in [-0.3, -0.25) is 10.5 Å². The molecule has 104 valence electrons. The van der Waals surface area contributed by atoms with Crippen LogP contribution in [-0.2, 0) is 0 Å². The smallest absolute Gasteiger partial charge is 0.129 e. The predicted octanol–water partition coefficient (Wildman–Crippen LogP) is 2.85. The van der Waals surface area contributed by atoms with Crippen molar-refractivity contribution in [1.82, 2.24) is 15.2 Å². The minimum absolute atomic E-state index is 0.117. The number of hydrogen-bond acceptors (Lipinski definition) is 5. The summed E-state index contributed by atoms with van der Waals surface area (Å²) in [5.41, 5.74) is 3.87. The molecule has 0 saturated carbocycles. The second-order valence-corrected chi connectivity index (χ2v) is 6.20. The number of methoxy groups -OCH3 is 1. The highest BCUT2D eigenvalue weighted by atomic mass is 79.9. The Hall–Kier alpha value is -0.890. The number of aromatic nitrogens is 2. The maximum atomic E-state index is 5.74. The number of ether oxygens (including phenoxy) is 1. The molecule has 2 rings (SSSR count). The van der Waals surface area contributed by atoms with Crippen LogP contribution in [0.3, 0.4) is 0 Å². The Labute approximate surface area is 124 Å². The number of thiophene rings is 1. The Morgan fingerprint density at radius 1 is 1.53 bits per heavy atom. The van der Waals surface area contributed by atoms with Gasteiger partial charge in [-0.2, -0.15) is 5.10 Å². The lowest BCUT2D eigenvalue weighted by atomic mass is 10.1. The van der Waals surface area contributed by atoms with Crippen molar-refractivity contribution in [2.45, 2.75) is 25.9 Å². The molecular weight excluding hydrogens is 328 g/mol. The second-order valence-electron chi connectivity index (χ2n) is 4.40. The van der Waals surface area contributed by atoms with E-state index in [4.69, 9.17) is 10.6 Å². The molecule has 7 heteroatoms. The molecule has 0 bridgehead atoms. The van der Waals surface area contributed by atoms with Gasteiger partial charge in [0.15, 0.2) is 0 Å². The summed E-state index contributed by atoms with van der Waals surface area (Å²) < 4.78 is 8.12. The van der Waals surface area contributed by atoms with E-state index in [-0.39, 0.29) is 12.1 Å². The summed E-state index contributed by atoms with van der Waals surface area (Å²) in [7, 11) is 1.66. The fraction of sp³-hybridized carbons (Fsp3) is 0.417. The van der Waals surface area contributed by atoms with E-state index in [2.05, 4.69) is 40.3 Å². The Morgan fingerprint density at radius 2 is 2.26 bits per heavy atom. The number of rotatable bonds is 5. The third kappa shape index (κ3) is 2.84. The number of hydrogen-bond donors (Lipinski definition) is 2. The maximum absolute atomic E-state index is 5.74. The summed E-state index contributed by atoms with van der Waals surface area (Å²) in [6, 6.07) is 2.13. The summed E-state index contributed by atoms with van der Waals surface area (Å²) >= 11 is 5.15. The van der Waals surface area contributed by atoms with Crippen LogP contribution in [0.5, 0.6) is 5.75 Å². The minimum atomic E-state index is -0.117. The van der Waals surface area contributed by atoms with Crippen molar-refractivity contribution in [1.29, 1.82) is 0 Å². The van der Waals surface area contributed by atoms with Crippen LogP contribution in [-0.4, -0.2) is 16.9 Å². The zero-order valence-corrected chi connectivity index (χ0v) is 13.5. The van der Waals surface area contributed by atoms with Crippen LogP contribution < -0.4 is 16.0 Å². The maximum Gasteiger partial charge on any atom is 0.129 e. The number of nitrogens with one attached hydrogen (secondary N) is 1. The van der Waals surface area contributed by atoms with Gasteiger partial charge in [0.25, 0.3) is 0 Å². The molecule has 2 aromatic heterocycles. The lowest BCUT2D eigenvalue weighted by molar-refractivity contribution is 0.415. The lowest BCUT2D eigenvalue weighted by Gasteiger charge is -2.19. The van der Waals surface area contributed by atoms with E-state index in [1.165, 1.54) is 0 Å². The highest BCUT2D eigenvalue weighted by Gasteiger charge is 2.23. The molecule has 0 fully saturated rings. The van der Waals surface area contributed by atoms with Crippen LogP contribution in [0.2, 0.25) is 0 Å². The van der Waals surface area contributed by atoms with Crippen LogP contribution in [0.15, 0.2) is 22.1 Å². The second kappa shape index (κ2) is 6.04. The van der Waals surface area contributed by atoms with Crippen molar-refractivity contribution in [3.8, 4) is 5.75 Å². The van der Waals surface area contributed by atoms with E-state index >= 15 is 0 Å². The van der Waals surface area contributed by atoms with Gasteiger partial charge in [-0.05, 0) is 35.8 Å². The van der Waals surface area contributed by atoms with Gasteiger partial charge in [0.05, 0.1) is 29.5 Å². The normalized spacial score (nSPS) is 12.9. The highest BCUT2D eigenvalue weighted by molar-refractivity contribution is 9.10. The van der Waals surface area contributed by atoms with Crippen molar-refractivity contribution >= 4 is 27.3 Å². The Morgan fingerprint density at radius 3 is 2.79 bits per heavy atom. The van der Waals surface area contributed by atoms with Gasteiger partial charge in [-0.1, -0.05) is 0 Å². The molecule has 0 aliphatic carbocycles. The zero-order chi connectivity index (χ0) is 14.0. The van der Waals surface area contributed by atoms with Crippen molar-refractivity contribution in [2.24, 2.45) is 5.84 Å². The van der Waals surface area contributed by atoms with Gasteiger partial charge in [0.2, 0.25) is 0 Å². The van der Waals surface area contributed by atoms with Crippen molar-refractivity contribution in [3.63, 3.8) is 0 Å². The first-order valence-electron chi connectivity index (χ1n) is 5.90. The SMILES string of the molecule is COc1csc(C(NN)c2c(Br)cnn2C(C)C)c1. The van der Waals surface area contributed by atoms with Crippen LogP contribution >= 0.6 is 27.3 Å². The summed E-state index contributed by atoms with van der Waals surface area (Å²) in [5.74, 6) is 6.58. The molecule has 0 aliphatic rings. The van der Waals surface area contributed by atoms with E-state index in [0.717, 1.165) is 20.8 Å². The van der Waals surface area contributed by atoms with E-state index in [1.54, 1.807) is 24.6 Å². The molecule has 1 unspecified atom stereocenters. The average molecular weight is 345 g/mol. The van der Waals surface area contributed by atoms with Crippen molar-refractivity contribution < 1.29 is 4.74 Å². The summed E-state index contributed by atoms with van der Waals surface area (Å²) in [5, 5.41) is 6.35. The zero-order valence-electron chi connectivity index (χ0n) is 11.1. The number of halogens is 1. The van der Waals surface area contributed by atoms with E-state index in [9.17, 15) is 0 Å². The molecule has 3 N–H and O–H groups in total.